The molecule has 1 aromatic heterocycles. The van der Waals surface area contributed by atoms with Gasteiger partial charge >= 0.3 is 0 Å². The lowest BCUT2D eigenvalue weighted by Crippen LogP contribution is -2.61. The van der Waals surface area contributed by atoms with Gasteiger partial charge in [-0.15, -0.1) is 0 Å². The Balaban J connectivity index is 1.63. The highest BCUT2D eigenvalue weighted by atomic mass is 16.7. The molecule has 0 saturated carbocycles. The molecule has 2 fully saturated rings. The van der Waals surface area contributed by atoms with Crippen LogP contribution < -0.4 is 10.2 Å². The van der Waals surface area contributed by atoms with Crippen molar-refractivity contribution in [2.75, 3.05) is 20.3 Å². The van der Waals surface area contributed by atoms with Crippen molar-refractivity contribution in [3.8, 4) is 34.3 Å². The van der Waals surface area contributed by atoms with Gasteiger partial charge < -0.3 is 69.3 Å². The van der Waals surface area contributed by atoms with E-state index in [1.54, 1.807) is 0 Å². The van der Waals surface area contributed by atoms with Gasteiger partial charge in [0.15, 0.2) is 28.8 Å². The van der Waals surface area contributed by atoms with E-state index in [1.165, 1.54) is 25.3 Å². The van der Waals surface area contributed by atoms with Crippen LogP contribution in [0.4, 0.5) is 0 Å². The maximum atomic E-state index is 13.2. The molecule has 3 aromatic rings. The molecule has 5 rings (SSSR count). The molecule has 2 saturated heterocycles. The number of methoxy groups -OCH3 is 1. The van der Waals surface area contributed by atoms with Gasteiger partial charge in [0.25, 0.3) is 0 Å². The average Bonchev–Trinajstić information content (AvgIpc) is 2.96. The molecule has 228 valence electrons. The van der Waals surface area contributed by atoms with E-state index < -0.39 is 85.3 Å². The van der Waals surface area contributed by atoms with Crippen LogP contribution in [-0.4, -0.2) is 115 Å². The van der Waals surface area contributed by atoms with E-state index >= 15 is 0 Å². The van der Waals surface area contributed by atoms with Crippen LogP contribution in [0.3, 0.4) is 0 Å². The molecule has 42 heavy (non-hydrogen) atoms. The Labute approximate surface area is 236 Å². The molecule has 9 atom stereocenters. The van der Waals surface area contributed by atoms with Crippen molar-refractivity contribution in [3.63, 3.8) is 0 Å². The summed E-state index contributed by atoms with van der Waals surface area (Å²) < 4.78 is 27.9. The molecule has 15 nitrogen and oxygen atoms in total. The maximum absolute atomic E-state index is 13.2. The van der Waals surface area contributed by atoms with E-state index in [2.05, 4.69) is 0 Å². The zero-order chi connectivity index (χ0) is 30.5. The quantitative estimate of drug-likeness (QED) is 0.159. The van der Waals surface area contributed by atoms with Gasteiger partial charge in [-0.3, -0.25) is 4.79 Å². The summed E-state index contributed by atoms with van der Waals surface area (Å²) in [5, 5.41) is 92.6. The van der Waals surface area contributed by atoms with Gasteiger partial charge in [-0.25, -0.2) is 0 Å². The lowest BCUT2D eigenvalue weighted by Gasteiger charge is -2.44. The zero-order valence-electron chi connectivity index (χ0n) is 22.0. The fourth-order valence-electron chi connectivity index (χ4n) is 5.10. The van der Waals surface area contributed by atoms with Gasteiger partial charge in [0, 0.05) is 17.7 Å². The van der Waals surface area contributed by atoms with Crippen molar-refractivity contribution in [1.82, 2.24) is 0 Å². The van der Waals surface area contributed by atoms with Crippen LogP contribution in [0.1, 0.15) is 11.7 Å². The van der Waals surface area contributed by atoms with Crippen LogP contribution in [0.5, 0.6) is 23.0 Å². The highest BCUT2D eigenvalue weighted by Crippen LogP contribution is 2.44. The molecule has 0 radical (unpaired) electrons. The monoisotopic (exact) mass is 594 g/mol. The second-order valence-electron chi connectivity index (χ2n) is 10.0. The lowest BCUT2D eigenvalue weighted by molar-refractivity contribution is -0.336. The van der Waals surface area contributed by atoms with Gasteiger partial charge in [-0.05, 0) is 18.2 Å². The first-order valence-corrected chi connectivity index (χ1v) is 12.8. The number of hydrogen-bond acceptors (Lipinski definition) is 15. The number of fused-ring (bicyclic) bond motifs is 1. The van der Waals surface area contributed by atoms with Crippen molar-refractivity contribution in [2.45, 2.75) is 55.1 Å². The third kappa shape index (κ3) is 5.15. The number of hydrogen-bond donors (Lipinski definition) is 9. The number of aliphatic hydroxyl groups is 6. The molecule has 3 heterocycles. The standard InChI is InChI=1S/C27H30O15/c1-38-16-4-9(2-3-10(16)29)15-6-13(32)18-11(30)5-12(31)19(24(18)40-15)25-26(20(34)14(33)8-39-25)42-27-23(37)22(36)21(35)17(7-28)41-27/h2-6,14,17,20-23,25-31,33-37H,7-8H2,1H3. The topological polar surface area (TPSA) is 249 Å². The van der Waals surface area contributed by atoms with Crippen LogP contribution in [0, 0.1) is 0 Å². The Morgan fingerprint density at radius 1 is 0.905 bits per heavy atom. The van der Waals surface area contributed by atoms with Crippen molar-refractivity contribution < 1.29 is 69.3 Å². The van der Waals surface area contributed by atoms with E-state index in [0.717, 1.165) is 12.1 Å². The Morgan fingerprint density at radius 3 is 2.33 bits per heavy atom. The summed E-state index contributed by atoms with van der Waals surface area (Å²) in [7, 11) is 1.32. The molecule has 2 aliphatic heterocycles. The van der Waals surface area contributed by atoms with Crippen molar-refractivity contribution in [2.24, 2.45) is 0 Å². The minimum atomic E-state index is -1.88. The molecule has 0 bridgehead atoms. The second-order valence-corrected chi connectivity index (χ2v) is 10.0. The zero-order valence-corrected chi connectivity index (χ0v) is 22.0. The molecule has 9 unspecified atom stereocenters. The number of benzene rings is 2. The predicted octanol–water partition coefficient (Wildman–Crippen LogP) is -1.44. The van der Waals surface area contributed by atoms with E-state index in [4.69, 9.17) is 23.4 Å². The minimum Gasteiger partial charge on any atom is -0.507 e. The summed E-state index contributed by atoms with van der Waals surface area (Å²) in [6.45, 7) is -1.25. The van der Waals surface area contributed by atoms with Gasteiger partial charge in [-0.1, -0.05) is 0 Å². The Bertz CT molecular complexity index is 1500. The summed E-state index contributed by atoms with van der Waals surface area (Å²) in [6, 6.07) is 6.02. The Morgan fingerprint density at radius 2 is 1.64 bits per heavy atom. The first-order valence-electron chi connectivity index (χ1n) is 12.8. The van der Waals surface area contributed by atoms with Gasteiger partial charge in [-0.2, -0.15) is 0 Å². The number of ether oxygens (including phenoxy) is 4. The van der Waals surface area contributed by atoms with Gasteiger partial charge in [0.05, 0.1) is 25.9 Å². The molecule has 0 spiro atoms. The SMILES string of the molecule is COc1cc(-c2cc(=O)c3c(O)cc(O)c(C4OCC(O)C(O)C4OC4OC(CO)C(O)C(O)C4O)c3o2)ccc1O. The fraction of sp³-hybridized carbons (Fsp3) is 0.444. The minimum absolute atomic E-state index is 0.0648. The molecule has 9 N–H and O–H groups in total. The summed E-state index contributed by atoms with van der Waals surface area (Å²) in [5.74, 6) is -1.48. The van der Waals surface area contributed by atoms with Crippen LogP contribution in [0.2, 0.25) is 0 Å². The third-order valence-corrected chi connectivity index (χ3v) is 7.36. The molecule has 15 heteroatoms. The van der Waals surface area contributed by atoms with E-state index in [1.807, 2.05) is 0 Å². The van der Waals surface area contributed by atoms with Crippen LogP contribution in [-0.2, 0) is 14.2 Å². The molecule has 0 aliphatic carbocycles. The van der Waals surface area contributed by atoms with Crippen LogP contribution in [0.25, 0.3) is 22.3 Å². The van der Waals surface area contributed by atoms with E-state index in [9.17, 15) is 50.8 Å². The molecule has 2 aliphatic rings. The summed E-state index contributed by atoms with van der Waals surface area (Å²) in [4.78, 5) is 13.2. The molecule has 2 aromatic carbocycles. The number of phenolic OH excluding ortho intramolecular Hbond substituents is 3. The first kappa shape index (κ1) is 30.0. The Kier molecular flexibility index (Phi) is 8.30. The van der Waals surface area contributed by atoms with Crippen LogP contribution in [0.15, 0.2) is 39.5 Å². The number of aliphatic hydroxyl groups excluding tert-OH is 6. The fourth-order valence-corrected chi connectivity index (χ4v) is 5.10. The first-order chi connectivity index (χ1) is 20.0. The van der Waals surface area contributed by atoms with E-state index in [0.29, 0.717) is 0 Å². The number of rotatable bonds is 6. The highest BCUT2D eigenvalue weighted by Gasteiger charge is 2.49. The van der Waals surface area contributed by atoms with E-state index in [-0.39, 0.29) is 39.4 Å². The molecular formula is C27H30O15. The van der Waals surface area contributed by atoms with Crippen LogP contribution >= 0.6 is 0 Å². The molecular weight excluding hydrogens is 564 g/mol. The maximum Gasteiger partial charge on any atom is 0.197 e. The highest BCUT2D eigenvalue weighted by molar-refractivity contribution is 5.89. The predicted molar refractivity (Wildman–Crippen MR) is 139 cm³/mol. The normalized spacial score (nSPS) is 31.7. The largest absolute Gasteiger partial charge is 0.507 e. The van der Waals surface area contributed by atoms with Gasteiger partial charge in [0.2, 0.25) is 0 Å². The number of phenols is 3. The third-order valence-electron chi connectivity index (χ3n) is 7.36. The Hall–Kier alpha value is -3.51. The smallest absolute Gasteiger partial charge is 0.197 e. The lowest BCUT2D eigenvalue weighted by atomic mass is 9.91. The van der Waals surface area contributed by atoms with Gasteiger partial charge in [0.1, 0.15) is 71.5 Å². The number of aromatic hydroxyl groups is 3. The summed E-state index contributed by atoms with van der Waals surface area (Å²) in [6.07, 6.45) is -15.0. The van der Waals surface area contributed by atoms with Crippen molar-refractivity contribution in [3.05, 3.63) is 46.1 Å². The summed E-state index contributed by atoms with van der Waals surface area (Å²) >= 11 is 0. The molecule has 0 amide bonds. The second kappa shape index (κ2) is 11.6. The van der Waals surface area contributed by atoms with Crippen molar-refractivity contribution in [1.29, 1.82) is 0 Å². The van der Waals surface area contributed by atoms with Crippen molar-refractivity contribution >= 4 is 11.0 Å². The summed E-state index contributed by atoms with van der Waals surface area (Å²) in [5.41, 5.74) is -1.13. The average molecular weight is 595 g/mol.